The summed E-state index contributed by atoms with van der Waals surface area (Å²) in [4.78, 5) is 33.5. The number of hydrogen-bond acceptors (Lipinski definition) is 5. The van der Waals surface area contributed by atoms with Crippen LogP contribution >= 0.6 is 0 Å². The highest BCUT2D eigenvalue weighted by molar-refractivity contribution is 5.87. The Labute approximate surface area is 118 Å². The Bertz CT molecular complexity index is 362. The number of nitrogens with one attached hydrogen (secondary N) is 1. The maximum Gasteiger partial charge on any atom is 0.328 e. The fraction of sp³-hybridized carbons (Fsp3) is 0.769. The van der Waals surface area contributed by atoms with Gasteiger partial charge in [-0.05, 0) is 18.8 Å². The van der Waals surface area contributed by atoms with Crippen LogP contribution in [-0.2, 0) is 19.1 Å². The summed E-state index contributed by atoms with van der Waals surface area (Å²) in [7, 11) is 0. The normalized spacial score (nSPS) is 14.2. The van der Waals surface area contributed by atoms with Crippen molar-refractivity contribution in [1.82, 2.24) is 5.32 Å². The third kappa shape index (κ3) is 8.47. The highest BCUT2D eigenvalue weighted by Gasteiger charge is 2.21. The molecule has 1 amide bonds. The quantitative estimate of drug-likeness (QED) is 0.579. The lowest BCUT2D eigenvalue weighted by Gasteiger charge is -2.19. The van der Waals surface area contributed by atoms with E-state index in [1.807, 2.05) is 20.8 Å². The zero-order valence-electron chi connectivity index (χ0n) is 12.4. The lowest BCUT2D eigenvalue weighted by Crippen LogP contribution is -2.43. The number of carbonyl (C=O) groups is 3. The molecule has 0 aliphatic carbocycles. The van der Waals surface area contributed by atoms with Crippen molar-refractivity contribution in [3.63, 3.8) is 0 Å². The van der Waals surface area contributed by atoms with Gasteiger partial charge in [0.15, 0.2) is 0 Å². The molecule has 7 heteroatoms. The number of carbonyl (C=O) groups excluding carboxylic acids is 2. The monoisotopic (exact) mass is 288 g/mol. The predicted molar refractivity (Wildman–Crippen MR) is 72.9 cm³/mol. The molecule has 0 aliphatic heterocycles. The van der Waals surface area contributed by atoms with Crippen LogP contribution in [0.4, 0.5) is 0 Å². The van der Waals surface area contributed by atoms with Crippen LogP contribution in [0.25, 0.3) is 0 Å². The molecule has 0 rings (SSSR count). The molecule has 0 aromatic heterocycles. The van der Waals surface area contributed by atoms with E-state index < -0.39 is 29.9 Å². The van der Waals surface area contributed by atoms with Crippen LogP contribution in [0.1, 0.15) is 40.5 Å². The fourth-order valence-corrected chi connectivity index (χ4v) is 1.23. The second-order valence-electron chi connectivity index (χ2n) is 5.92. The van der Waals surface area contributed by atoms with E-state index in [0.29, 0.717) is 6.42 Å². The average molecular weight is 288 g/mol. The molecule has 2 atom stereocenters. The van der Waals surface area contributed by atoms with Gasteiger partial charge in [-0.2, -0.15) is 0 Å². The standard InChI is InChI=1S/C13H24N2O5/c1-8(12(19)20-6-5-13(2,3)4)15-10(16)7-9(14)11(17)18/h8-9H,5-7,14H2,1-4H3,(H,15,16)(H,17,18). The topological polar surface area (TPSA) is 119 Å². The summed E-state index contributed by atoms with van der Waals surface area (Å²) in [5.74, 6) is -2.41. The number of nitrogens with two attached hydrogens (primary N) is 1. The molecule has 20 heavy (non-hydrogen) atoms. The molecular formula is C13H24N2O5. The fourth-order valence-electron chi connectivity index (χ4n) is 1.23. The van der Waals surface area contributed by atoms with E-state index >= 15 is 0 Å². The third-order valence-corrected chi connectivity index (χ3v) is 2.55. The second-order valence-corrected chi connectivity index (χ2v) is 5.92. The first kappa shape index (κ1) is 18.4. The summed E-state index contributed by atoms with van der Waals surface area (Å²) in [6, 6.07) is -2.11. The highest BCUT2D eigenvalue weighted by Crippen LogP contribution is 2.17. The molecule has 4 N–H and O–H groups in total. The number of hydrogen-bond donors (Lipinski definition) is 3. The van der Waals surface area contributed by atoms with Crippen LogP contribution in [0.3, 0.4) is 0 Å². The zero-order chi connectivity index (χ0) is 15.9. The van der Waals surface area contributed by atoms with Crippen molar-refractivity contribution < 1.29 is 24.2 Å². The van der Waals surface area contributed by atoms with E-state index in [0.717, 1.165) is 0 Å². The van der Waals surface area contributed by atoms with E-state index in [4.69, 9.17) is 15.6 Å². The molecule has 0 aliphatic rings. The maximum atomic E-state index is 11.6. The number of esters is 1. The van der Waals surface area contributed by atoms with Crippen molar-refractivity contribution in [2.75, 3.05) is 6.61 Å². The Hall–Kier alpha value is -1.63. The summed E-state index contributed by atoms with van der Waals surface area (Å²) in [5.41, 5.74) is 5.28. The molecule has 116 valence electrons. The van der Waals surface area contributed by atoms with Crippen LogP contribution in [0.2, 0.25) is 0 Å². The molecule has 2 unspecified atom stereocenters. The number of rotatable bonds is 7. The van der Waals surface area contributed by atoms with Crippen LogP contribution in [0, 0.1) is 5.41 Å². The molecule has 0 spiro atoms. The smallest absolute Gasteiger partial charge is 0.328 e. The minimum absolute atomic E-state index is 0.0566. The van der Waals surface area contributed by atoms with Crippen LogP contribution in [0.5, 0.6) is 0 Å². The Balaban J connectivity index is 4.07. The Morgan fingerprint density at radius 2 is 1.85 bits per heavy atom. The van der Waals surface area contributed by atoms with Gasteiger partial charge < -0.3 is 20.9 Å². The molecule has 7 nitrogen and oxygen atoms in total. The number of amides is 1. The van der Waals surface area contributed by atoms with Crippen LogP contribution in [0.15, 0.2) is 0 Å². The molecule has 0 saturated carbocycles. The Morgan fingerprint density at radius 3 is 2.30 bits per heavy atom. The lowest BCUT2D eigenvalue weighted by molar-refractivity contribution is -0.148. The van der Waals surface area contributed by atoms with Crippen LogP contribution in [-0.4, -0.2) is 41.6 Å². The highest BCUT2D eigenvalue weighted by atomic mass is 16.5. The lowest BCUT2D eigenvalue weighted by atomic mass is 9.93. The molecule has 0 fully saturated rings. The van der Waals surface area contributed by atoms with Crippen molar-refractivity contribution in [3.8, 4) is 0 Å². The third-order valence-electron chi connectivity index (χ3n) is 2.55. The van der Waals surface area contributed by atoms with E-state index in [2.05, 4.69) is 5.32 Å². The van der Waals surface area contributed by atoms with Crippen LogP contribution < -0.4 is 11.1 Å². The number of ether oxygens (including phenoxy) is 1. The molecule has 0 saturated heterocycles. The zero-order valence-corrected chi connectivity index (χ0v) is 12.4. The van der Waals surface area contributed by atoms with Gasteiger partial charge in [0, 0.05) is 0 Å². The molecular weight excluding hydrogens is 264 g/mol. The van der Waals surface area contributed by atoms with Gasteiger partial charge in [0.05, 0.1) is 13.0 Å². The number of carboxylic acids is 1. The molecule has 0 heterocycles. The van der Waals surface area contributed by atoms with Crippen molar-refractivity contribution >= 4 is 17.8 Å². The van der Waals surface area contributed by atoms with Gasteiger partial charge in [-0.25, -0.2) is 4.79 Å². The van der Waals surface area contributed by atoms with E-state index in [1.54, 1.807) is 0 Å². The van der Waals surface area contributed by atoms with Gasteiger partial charge in [0.2, 0.25) is 5.91 Å². The minimum atomic E-state index is -1.28. The SMILES string of the molecule is CC(NC(=O)CC(N)C(=O)O)C(=O)OCCC(C)(C)C. The molecule has 0 radical (unpaired) electrons. The van der Waals surface area contributed by atoms with Crippen molar-refractivity contribution in [3.05, 3.63) is 0 Å². The average Bonchev–Trinajstić information content (AvgIpc) is 2.26. The first-order valence-electron chi connectivity index (χ1n) is 6.47. The summed E-state index contributed by atoms with van der Waals surface area (Å²) >= 11 is 0. The van der Waals surface area contributed by atoms with Gasteiger partial charge >= 0.3 is 11.9 Å². The first-order valence-corrected chi connectivity index (χ1v) is 6.47. The second kappa shape index (κ2) is 7.84. The number of aliphatic carboxylic acids is 1. The maximum absolute atomic E-state index is 11.6. The van der Waals surface area contributed by atoms with Gasteiger partial charge in [-0.3, -0.25) is 9.59 Å². The summed E-state index contributed by atoms with van der Waals surface area (Å²) < 4.78 is 5.03. The Kier molecular flexibility index (Phi) is 7.20. The number of carboxylic acid groups (broad SMARTS) is 1. The summed E-state index contributed by atoms with van der Waals surface area (Å²) in [6.07, 6.45) is 0.332. The molecule has 0 bridgehead atoms. The molecule has 0 aromatic rings. The van der Waals surface area contributed by atoms with E-state index in [9.17, 15) is 14.4 Å². The summed E-state index contributed by atoms with van der Waals surface area (Å²) in [5, 5.41) is 10.9. The minimum Gasteiger partial charge on any atom is -0.480 e. The van der Waals surface area contributed by atoms with Gasteiger partial charge in [0.25, 0.3) is 0 Å². The van der Waals surface area contributed by atoms with Crippen molar-refractivity contribution in [2.45, 2.75) is 52.6 Å². The molecule has 0 aromatic carbocycles. The predicted octanol–water partition coefficient (Wildman–Crippen LogP) is 0.273. The van der Waals surface area contributed by atoms with Gasteiger partial charge in [-0.15, -0.1) is 0 Å². The van der Waals surface area contributed by atoms with Crippen molar-refractivity contribution in [1.29, 1.82) is 0 Å². The van der Waals surface area contributed by atoms with E-state index in [-0.39, 0.29) is 18.4 Å². The van der Waals surface area contributed by atoms with E-state index in [1.165, 1.54) is 6.92 Å². The first-order chi connectivity index (χ1) is 9.03. The Morgan fingerprint density at radius 1 is 1.30 bits per heavy atom. The largest absolute Gasteiger partial charge is 0.480 e. The van der Waals surface area contributed by atoms with Crippen molar-refractivity contribution in [2.24, 2.45) is 11.1 Å². The van der Waals surface area contributed by atoms with Gasteiger partial charge in [-0.1, -0.05) is 20.8 Å². The summed E-state index contributed by atoms with van der Waals surface area (Å²) in [6.45, 7) is 7.83. The van der Waals surface area contributed by atoms with Gasteiger partial charge in [0.1, 0.15) is 12.1 Å².